The van der Waals surface area contributed by atoms with Crippen LogP contribution in [0.5, 0.6) is 0 Å². The van der Waals surface area contributed by atoms with Crippen molar-refractivity contribution in [1.82, 2.24) is 5.06 Å². The van der Waals surface area contributed by atoms with Gasteiger partial charge in [0.25, 0.3) is 0 Å². The standard InChI is InChI=1S/C14H23NO4/c1-3-5-8-19-15-10-6-7-11(14(17)18-4-2)12(9-10)13(15)16/h10-12H,3-9H2,1-2H3/t10-,11+,12?/m0/s1. The summed E-state index contributed by atoms with van der Waals surface area (Å²) in [5.41, 5.74) is 0. The largest absolute Gasteiger partial charge is 0.466 e. The van der Waals surface area contributed by atoms with E-state index in [-0.39, 0.29) is 29.8 Å². The molecule has 1 aliphatic carbocycles. The quantitative estimate of drug-likeness (QED) is 0.546. The van der Waals surface area contributed by atoms with Gasteiger partial charge in [-0.2, -0.15) is 0 Å². The number of carbonyl (C=O) groups is 2. The summed E-state index contributed by atoms with van der Waals surface area (Å²) in [7, 11) is 0. The lowest BCUT2D eigenvalue weighted by molar-refractivity contribution is -0.190. The van der Waals surface area contributed by atoms with Crippen molar-refractivity contribution in [2.75, 3.05) is 13.2 Å². The zero-order valence-electron chi connectivity index (χ0n) is 11.8. The Hall–Kier alpha value is -1.10. The highest BCUT2D eigenvalue weighted by Crippen LogP contribution is 2.41. The van der Waals surface area contributed by atoms with Gasteiger partial charge in [-0.15, -0.1) is 0 Å². The fourth-order valence-corrected chi connectivity index (χ4v) is 2.99. The number of hydrogen-bond donors (Lipinski definition) is 0. The molecule has 1 amide bonds. The van der Waals surface area contributed by atoms with Gasteiger partial charge in [-0.25, -0.2) is 5.06 Å². The first-order chi connectivity index (χ1) is 9.19. The first kappa shape index (κ1) is 14.3. The molecule has 0 spiro atoms. The predicted molar refractivity (Wildman–Crippen MR) is 69.0 cm³/mol. The van der Waals surface area contributed by atoms with E-state index in [0.29, 0.717) is 13.2 Å². The molecular weight excluding hydrogens is 246 g/mol. The Balaban J connectivity index is 1.96. The van der Waals surface area contributed by atoms with Crippen LogP contribution in [0, 0.1) is 11.8 Å². The summed E-state index contributed by atoms with van der Waals surface area (Å²) < 4.78 is 5.06. The molecule has 2 aliphatic rings. The molecule has 19 heavy (non-hydrogen) atoms. The van der Waals surface area contributed by atoms with E-state index in [1.807, 2.05) is 0 Å². The van der Waals surface area contributed by atoms with Gasteiger partial charge in [0.2, 0.25) is 5.91 Å². The van der Waals surface area contributed by atoms with Crippen LogP contribution in [0.1, 0.15) is 46.0 Å². The van der Waals surface area contributed by atoms with Crippen LogP contribution in [-0.4, -0.2) is 36.2 Å². The first-order valence-corrected chi connectivity index (χ1v) is 7.31. The SMILES string of the molecule is CCCCON1C(=O)C2C[C@@H]1CC[C@H]2C(=O)OCC. The molecule has 0 radical (unpaired) electrons. The van der Waals surface area contributed by atoms with Gasteiger partial charge in [0.05, 0.1) is 31.1 Å². The molecule has 1 unspecified atom stereocenters. The van der Waals surface area contributed by atoms with Crippen molar-refractivity contribution in [2.45, 2.75) is 52.0 Å². The van der Waals surface area contributed by atoms with Crippen LogP contribution in [-0.2, 0) is 19.2 Å². The third kappa shape index (κ3) is 2.91. The monoisotopic (exact) mass is 269 g/mol. The van der Waals surface area contributed by atoms with Crippen LogP contribution in [0.4, 0.5) is 0 Å². The highest BCUT2D eigenvalue weighted by atomic mass is 16.7. The predicted octanol–water partition coefficient (Wildman–Crippen LogP) is 1.91. The number of unbranched alkanes of at least 4 members (excludes halogenated alkanes) is 1. The number of carbonyl (C=O) groups excluding carboxylic acids is 2. The van der Waals surface area contributed by atoms with E-state index in [1.165, 1.54) is 5.06 Å². The number of ether oxygens (including phenoxy) is 1. The Morgan fingerprint density at radius 1 is 1.37 bits per heavy atom. The molecule has 3 atom stereocenters. The number of esters is 1. The third-order valence-corrected chi connectivity index (χ3v) is 4.01. The molecule has 1 heterocycles. The molecule has 2 bridgehead atoms. The third-order valence-electron chi connectivity index (χ3n) is 4.01. The van der Waals surface area contributed by atoms with Gasteiger partial charge >= 0.3 is 5.97 Å². The number of rotatable bonds is 6. The molecule has 0 aromatic rings. The first-order valence-electron chi connectivity index (χ1n) is 7.31. The van der Waals surface area contributed by atoms with E-state index in [1.54, 1.807) is 6.92 Å². The maximum atomic E-state index is 12.3. The summed E-state index contributed by atoms with van der Waals surface area (Å²) in [6.07, 6.45) is 4.28. The topological polar surface area (TPSA) is 55.8 Å². The average Bonchev–Trinajstić information content (AvgIpc) is 2.64. The number of hydroxylamine groups is 2. The molecule has 5 heteroatoms. The number of nitrogens with zero attached hydrogens (tertiary/aromatic N) is 1. The van der Waals surface area contributed by atoms with Crippen LogP contribution in [0.25, 0.3) is 0 Å². The number of hydrogen-bond acceptors (Lipinski definition) is 4. The molecule has 2 fully saturated rings. The second kappa shape index (κ2) is 6.37. The molecule has 1 saturated carbocycles. The Morgan fingerprint density at radius 3 is 2.84 bits per heavy atom. The van der Waals surface area contributed by atoms with Gasteiger partial charge in [-0.3, -0.25) is 14.4 Å². The summed E-state index contributed by atoms with van der Waals surface area (Å²) in [4.78, 5) is 29.7. The van der Waals surface area contributed by atoms with E-state index >= 15 is 0 Å². The van der Waals surface area contributed by atoms with Gasteiger partial charge in [0, 0.05) is 0 Å². The highest BCUT2D eigenvalue weighted by Gasteiger charge is 2.50. The molecule has 0 aromatic heterocycles. The van der Waals surface area contributed by atoms with Crippen molar-refractivity contribution in [3.63, 3.8) is 0 Å². The maximum Gasteiger partial charge on any atom is 0.309 e. The normalized spacial score (nSPS) is 29.7. The van der Waals surface area contributed by atoms with Crippen molar-refractivity contribution < 1.29 is 19.2 Å². The fraction of sp³-hybridized carbons (Fsp3) is 0.857. The molecular formula is C14H23NO4. The second-order valence-corrected chi connectivity index (χ2v) is 5.28. The highest BCUT2D eigenvalue weighted by molar-refractivity contribution is 5.87. The molecule has 1 saturated heterocycles. The van der Waals surface area contributed by atoms with Crippen LogP contribution in [0.3, 0.4) is 0 Å². The zero-order chi connectivity index (χ0) is 13.8. The number of amides is 1. The van der Waals surface area contributed by atoms with Crippen molar-refractivity contribution in [1.29, 1.82) is 0 Å². The van der Waals surface area contributed by atoms with E-state index in [4.69, 9.17) is 9.57 Å². The van der Waals surface area contributed by atoms with E-state index < -0.39 is 0 Å². The maximum absolute atomic E-state index is 12.3. The minimum Gasteiger partial charge on any atom is -0.466 e. The van der Waals surface area contributed by atoms with Crippen LogP contribution >= 0.6 is 0 Å². The number of fused-ring (bicyclic) bond motifs is 2. The van der Waals surface area contributed by atoms with Crippen molar-refractivity contribution in [2.24, 2.45) is 11.8 Å². The summed E-state index contributed by atoms with van der Waals surface area (Å²) in [6.45, 7) is 4.83. The Kier molecular flexibility index (Phi) is 4.80. The smallest absolute Gasteiger partial charge is 0.309 e. The van der Waals surface area contributed by atoms with E-state index in [2.05, 4.69) is 6.92 Å². The Labute approximate surface area is 114 Å². The summed E-state index contributed by atoms with van der Waals surface area (Å²) in [5.74, 6) is -0.769. The lowest BCUT2D eigenvalue weighted by Crippen LogP contribution is -2.33. The zero-order valence-corrected chi connectivity index (χ0v) is 11.8. The molecule has 0 N–H and O–H groups in total. The van der Waals surface area contributed by atoms with Crippen LogP contribution in [0.2, 0.25) is 0 Å². The Bertz CT molecular complexity index is 344. The van der Waals surface area contributed by atoms with Gasteiger partial charge in [-0.05, 0) is 32.6 Å². The molecule has 0 aromatic carbocycles. The van der Waals surface area contributed by atoms with E-state index in [0.717, 1.165) is 32.1 Å². The lowest BCUT2D eigenvalue weighted by atomic mass is 9.80. The Morgan fingerprint density at radius 2 is 2.16 bits per heavy atom. The summed E-state index contributed by atoms with van der Waals surface area (Å²) in [5, 5.41) is 1.53. The van der Waals surface area contributed by atoms with Gasteiger partial charge in [0.1, 0.15) is 0 Å². The van der Waals surface area contributed by atoms with Gasteiger partial charge in [-0.1, -0.05) is 13.3 Å². The van der Waals surface area contributed by atoms with Crippen molar-refractivity contribution >= 4 is 11.9 Å². The summed E-state index contributed by atoms with van der Waals surface area (Å²) >= 11 is 0. The molecule has 2 rings (SSSR count). The van der Waals surface area contributed by atoms with Crippen molar-refractivity contribution in [3.8, 4) is 0 Å². The molecule has 5 nitrogen and oxygen atoms in total. The van der Waals surface area contributed by atoms with Gasteiger partial charge < -0.3 is 4.74 Å². The lowest BCUT2D eigenvalue weighted by Gasteiger charge is -2.25. The minimum atomic E-state index is -0.275. The minimum absolute atomic E-state index is 0.0309. The second-order valence-electron chi connectivity index (χ2n) is 5.28. The van der Waals surface area contributed by atoms with E-state index in [9.17, 15) is 9.59 Å². The average molecular weight is 269 g/mol. The van der Waals surface area contributed by atoms with Crippen molar-refractivity contribution in [3.05, 3.63) is 0 Å². The molecule has 108 valence electrons. The fourth-order valence-electron chi connectivity index (χ4n) is 2.99. The van der Waals surface area contributed by atoms with Crippen LogP contribution in [0.15, 0.2) is 0 Å². The van der Waals surface area contributed by atoms with Gasteiger partial charge in [0.15, 0.2) is 0 Å². The van der Waals surface area contributed by atoms with Crippen LogP contribution < -0.4 is 0 Å². The summed E-state index contributed by atoms with van der Waals surface area (Å²) in [6, 6.07) is 0.153. The molecule has 1 aliphatic heterocycles.